The molecule has 0 bridgehead atoms. The molecule has 8 nitrogen and oxygen atoms in total. The van der Waals surface area contributed by atoms with Crippen molar-refractivity contribution in [1.29, 1.82) is 0 Å². The van der Waals surface area contributed by atoms with Crippen LogP contribution in [0.15, 0.2) is 36.4 Å². The summed E-state index contributed by atoms with van der Waals surface area (Å²) in [7, 11) is 1.56. The zero-order valence-electron chi connectivity index (χ0n) is 15.0. The molecular weight excluding hydrogens is 348 g/mol. The van der Waals surface area contributed by atoms with E-state index in [1.165, 1.54) is 0 Å². The van der Waals surface area contributed by atoms with Gasteiger partial charge in [0.25, 0.3) is 0 Å². The van der Waals surface area contributed by atoms with Gasteiger partial charge in [-0.25, -0.2) is 0 Å². The molecule has 1 amide bonds. The summed E-state index contributed by atoms with van der Waals surface area (Å²) in [6, 6.07) is 9.28. The number of hydrogen-bond donors (Lipinski definition) is 0. The van der Waals surface area contributed by atoms with Crippen LogP contribution in [-0.4, -0.2) is 61.1 Å². The van der Waals surface area contributed by atoms with Gasteiger partial charge in [-0.3, -0.25) is 4.79 Å². The molecule has 1 fully saturated rings. The average Bonchev–Trinajstić information content (AvgIpc) is 3.20. The monoisotopic (exact) mass is 368 g/mol. The van der Waals surface area contributed by atoms with Crippen molar-refractivity contribution < 1.29 is 19.0 Å². The van der Waals surface area contributed by atoms with Crippen LogP contribution in [0.1, 0.15) is 5.56 Å². The minimum Gasteiger partial charge on any atom is -0.480 e. The Morgan fingerprint density at radius 2 is 1.89 bits per heavy atom. The van der Waals surface area contributed by atoms with Crippen LogP contribution in [0, 0.1) is 0 Å². The predicted molar refractivity (Wildman–Crippen MR) is 99.0 cm³/mol. The number of carbonyl (C=O) groups is 1. The van der Waals surface area contributed by atoms with Crippen molar-refractivity contribution in [1.82, 2.24) is 15.1 Å². The summed E-state index contributed by atoms with van der Waals surface area (Å²) < 4.78 is 15.7. The lowest BCUT2D eigenvalue weighted by atomic mass is 10.2. The normalized spacial score (nSPS) is 16.0. The van der Waals surface area contributed by atoms with Crippen molar-refractivity contribution in [3.8, 4) is 17.4 Å². The van der Waals surface area contributed by atoms with Crippen LogP contribution in [0.3, 0.4) is 0 Å². The fourth-order valence-corrected chi connectivity index (χ4v) is 3.04. The summed E-state index contributed by atoms with van der Waals surface area (Å²) in [5.74, 6) is 2.71. The average molecular weight is 368 g/mol. The minimum absolute atomic E-state index is 0.00636. The molecule has 4 rings (SSSR count). The first-order valence-corrected chi connectivity index (χ1v) is 8.72. The molecule has 0 radical (unpaired) electrons. The molecule has 1 aromatic heterocycles. The summed E-state index contributed by atoms with van der Waals surface area (Å²) in [5.41, 5.74) is 0.903. The molecular formula is C19H20N4O4. The molecule has 2 aliphatic heterocycles. The molecule has 1 aromatic carbocycles. The predicted octanol–water partition coefficient (Wildman–Crippen LogP) is 1.58. The molecule has 8 heteroatoms. The third-order valence-electron chi connectivity index (χ3n) is 4.57. The molecule has 0 saturated carbocycles. The first-order valence-electron chi connectivity index (χ1n) is 8.72. The Morgan fingerprint density at radius 1 is 1.07 bits per heavy atom. The number of hydrogen-bond acceptors (Lipinski definition) is 7. The van der Waals surface area contributed by atoms with Crippen LogP contribution >= 0.6 is 0 Å². The van der Waals surface area contributed by atoms with Gasteiger partial charge in [-0.1, -0.05) is 6.07 Å². The first-order chi connectivity index (χ1) is 13.2. The summed E-state index contributed by atoms with van der Waals surface area (Å²) in [6.07, 6.45) is 3.39. The highest BCUT2D eigenvalue weighted by atomic mass is 16.7. The number of anilines is 1. The van der Waals surface area contributed by atoms with Gasteiger partial charge in [0.2, 0.25) is 18.6 Å². The van der Waals surface area contributed by atoms with Crippen LogP contribution in [0.5, 0.6) is 17.4 Å². The van der Waals surface area contributed by atoms with Crippen LogP contribution in [-0.2, 0) is 4.79 Å². The highest BCUT2D eigenvalue weighted by Crippen LogP contribution is 2.32. The highest BCUT2D eigenvalue weighted by Gasteiger charge is 2.21. The van der Waals surface area contributed by atoms with Crippen LogP contribution in [0.25, 0.3) is 6.08 Å². The van der Waals surface area contributed by atoms with Gasteiger partial charge in [0, 0.05) is 38.3 Å². The molecule has 0 aliphatic carbocycles. The molecule has 0 N–H and O–H groups in total. The van der Waals surface area contributed by atoms with Crippen molar-refractivity contribution in [3.05, 3.63) is 42.0 Å². The maximum Gasteiger partial charge on any atom is 0.246 e. The van der Waals surface area contributed by atoms with E-state index in [1.807, 2.05) is 29.2 Å². The lowest BCUT2D eigenvalue weighted by Crippen LogP contribution is -2.48. The Hall–Kier alpha value is -3.29. The number of piperazine rings is 1. The standard InChI is InChI=1S/C19H20N4O4/c1-25-18-6-5-17(20-21-18)22-8-10-23(11-9-22)19(24)7-3-14-2-4-15-16(12-14)27-13-26-15/h2-7,12H,8-11,13H2,1H3/b7-3+. The minimum atomic E-state index is -0.00636. The van der Waals surface area contributed by atoms with Crippen molar-refractivity contribution in [2.75, 3.05) is 45.0 Å². The van der Waals surface area contributed by atoms with Crippen molar-refractivity contribution >= 4 is 17.8 Å². The van der Waals surface area contributed by atoms with E-state index in [0.717, 1.165) is 17.1 Å². The van der Waals surface area contributed by atoms with Crippen LogP contribution in [0.4, 0.5) is 5.82 Å². The van der Waals surface area contributed by atoms with Gasteiger partial charge < -0.3 is 24.0 Å². The van der Waals surface area contributed by atoms with Gasteiger partial charge in [-0.15, -0.1) is 10.2 Å². The molecule has 0 atom stereocenters. The molecule has 2 aromatic rings. The van der Waals surface area contributed by atoms with Gasteiger partial charge >= 0.3 is 0 Å². The second-order valence-electron chi connectivity index (χ2n) is 6.19. The van der Waals surface area contributed by atoms with Crippen LogP contribution < -0.4 is 19.1 Å². The van der Waals surface area contributed by atoms with Crippen LogP contribution in [0.2, 0.25) is 0 Å². The largest absolute Gasteiger partial charge is 0.480 e. The molecule has 3 heterocycles. The fraction of sp³-hybridized carbons (Fsp3) is 0.316. The van der Waals surface area contributed by atoms with E-state index in [-0.39, 0.29) is 12.7 Å². The van der Waals surface area contributed by atoms with E-state index in [1.54, 1.807) is 25.3 Å². The Morgan fingerprint density at radius 3 is 2.63 bits per heavy atom. The topological polar surface area (TPSA) is 77.0 Å². The Balaban J connectivity index is 1.33. The zero-order valence-corrected chi connectivity index (χ0v) is 15.0. The number of methoxy groups -OCH3 is 1. The number of amides is 1. The third-order valence-corrected chi connectivity index (χ3v) is 4.57. The van der Waals surface area contributed by atoms with Gasteiger partial charge in [-0.05, 0) is 29.8 Å². The van der Waals surface area contributed by atoms with E-state index in [4.69, 9.17) is 14.2 Å². The van der Waals surface area contributed by atoms with Crippen molar-refractivity contribution in [3.63, 3.8) is 0 Å². The quantitative estimate of drug-likeness (QED) is 0.758. The summed E-state index contributed by atoms with van der Waals surface area (Å²) in [4.78, 5) is 16.4. The molecule has 2 aliphatic rings. The maximum absolute atomic E-state index is 12.5. The summed E-state index contributed by atoms with van der Waals surface area (Å²) in [5, 5.41) is 8.15. The molecule has 0 unspecified atom stereocenters. The number of aromatic nitrogens is 2. The molecule has 0 spiro atoms. The third kappa shape index (κ3) is 3.79. The number of benzene rings is 1. The summed E-state index contributed by atoms with van der Waals surface area (Å²) in [6.45, 7) is 2.94. The van der Waals surface area contributed by atoms with Gasteiger partial charge in [0.05, 0.1) is 7.11 Å². The van der Waals surface area contributed by atoms with E-state index >= 15 is 0 Å². The molecule has 1 saturated heterocycles. The Bertz CT molecular complexity index is 845. The highest BCUT2D eigenvalue weighted by molar-refractivity contribution is 5.92. The Labute approximate surface area is 157 Å². The first kappa shape index (κ1) is 17.1. The van der Waals surface area contributed by atoms with Gasteiger partial charge in [-0.2, -0.15) is 0 Å². The molecule has 27 heavy (non-hydrogen) atoms. The van der Waals surface area contributed by atoms with Crippen molar-refractivity contribution in [2.45, 2.75) is 0 Å². The second-order valence-corrected chi connectivity index (χ2v) is 6.19. The number of nitrogens with zero attached hydrogens (tertiary/aromatic N) is 4. The lowest BCUT2D eigenvalue weighted by molar-refractivity contribution is -0.126. The van der Waals surface area contributed by atoms with E-state index < -0.39 is 0 Å². The number of rotatable bonds is 4. The van der Waals surface area contributed by atoms with E-state index in [9.17, 15) is 4.79 Å². The maximum atomic E-state index is 12.5. The number of ether oxygens (including phenoxy) is 3. The van der Waals surface area contributed by atoms with Gasteiger partial charge in [0.1, 0.15) is 0 Å². The second kappa shape index (κ2) is 7.53. The van der Waals surface area contributed by atoms with Gasteiger partial charge in [0.15, 0.2) is 17.3 Å². The SMILES string of the molecule is COc1ccc(N2CCN(C(=O)/C=C/c3ccc4c(c3)OCO4)CC2)nn1. The summed E-state index contributed by atoms with van der Waals surface area (Å²) >= 11 is 0. The fourth-order valence-electron chi connectivity index (χ4n) is 3.04. The number of fused-ring (bicyclic) bond motifs is 1. The molecule has 140 valence electrons. The van der Waals surface area contributed by atoms with E-state index in [2.05, 4.69) is 15.1 Å². The Kier molecular flexibility index (Phi) is 4.78. The number of carbonyl (C=O) groups excluding carboxylic acids is 1. The smallest absolute Gasteiger partial charge is 0.246 e. The van der Waals surface area contributed by atoms with E-state index in [0.29, 0.717) is 37.8 Å². The zero-order chi connectivity index (χ0) is 18.6. The van der Waals surface area contributed by atoms with Crippen molar-refractivity contribution in [2.24, 2.45) is 0 Å². The lowest BCUT2D eigenvalue weighted by Gasteiger charge is -2.34.